The highest BCUT2D eigenvalue weighted by Gasteiger charge is 2.25. The summed E-state index contributed by atoms with van der Waals surface area (Å²) in [6.45, 7) is 7.27. The summed E-state index contributed by atoms with van der Waals surface area (Å²) >= 11 is 6.05. The van der Waals surface area contributed by atoms with Gasteiger partial charge in [0.15, 0.2) is 5.65 Å². The minimum absolute atomic E-state index is 0.216. The molecule has 0 radical (unpaired) electrons. The van der Waals surface area contributed by atoms with Crippen molar-refractivity contribution in [2.45, 2.75) is 13.0 Å². The Morgan fingerprint density at radius 3 is 2.43 bits per heavy atom. The molecule has 0 bridgehead atoms. The van der Waals surface area contributed by atoms with Crippen molar-refractivity contribution < 1.29 is 9.47 Å². The number of morpholine rings is 2. The number of ether oxygens (including phenoxy) is 2. The smallest absolute Gasteiger partial charge is 0.229 e. The van der Waals surface area contributed by atoms with Gasteiger partial charge in [-0.1, -0.05) is 23.7 Å². The van der Waals surface area contributed by atoms with Crippen LogP contribution in [0.1, 0.15) is 6.92 Å². The third-order valence-corrected chi connectivity index (χ3v) is 5.85. The van der Waals surface area contributed by atoms with E-state index in [0.29, 0.717) is 43.0 Å². The number of nitrogens with zero attached hydrogens (tertiary/aromatic N) is 5. The molecule has 0 saturated carbocycles. The molecule has 3 aromatic rings. The van der Waals surface area contributed by atoms with Crippen LogP contribution in [0.3, 0.4) is 0 Å². The SMILES string of the molecule is C[C@H]1COCCN1c1nc(N2CCOCC2)c2ccc(-c3ccc(Cl)cc3)nc2n1. The summed E-state index contributed by atoms with van der Waals surface area (Å²) in [6, 6.07) is 12.0. The van der Waals surface area contributed by atoms with Gasteiger partial charge in [0, 0.05) is 30.2 Å². The van der Waals surface area contributed by atoms with Gasteiger partial charge in [0.25, 0.3) is 0 Å². The van der Waals surface area contributed by atoms with Gasteiger partial charge in [-0.2, -0.15) is 9.97 Å². The quantitative estimate of drug-likeness (QED) is 0.637. The lowest BCUT2D eigenvalue weighted by Gasteiger charge is -2.34. The Hall–Kier alpha value is -2.48. The fourth-order valence-corrected chi connectivity index (χ4v) is 4.06. The molecule has 2 aliphatic rings. The van der Waals surface area contributed by atoms with Crippen LogP contribution >= 0.6 is 11.6 Å². The molecule has 0 amide bonds. The maximum absolute atomic E-state index is 6.05. The number of aromatic nitrogens is 3. The number of fused-ring (bicyclic) bond motifs is 1. The summed E-state index contributed by atoms with van der Waals surface area (Å²) in [6.07, 6.45) is 0. The molecule has 0 spiro atoms. The van der Waals surface area contributed by atoms with E-state index < -0.39 is 0 Å². The first-order valence-electron chi connectivity index (χ1n) is 10.3. The summed E-state index contributed by atoms with van der Waals surface area (Å²) in [4.78, 5) is 19.2. The fourth-order valence-electron chi connectivity index (χ4n) is 3.93. The molecular formula is C22H24ClN5O2. The van der Waals surface area contributed by atoms with Gasteiger partial charge < -0.3 is 19.3 Å². The molecule has 1 aromatic carbocycles. The van der Waals surface area contributed by atoms with E-state index in [1.807, 2.05) is 30.3 Å². The van der Waals surface area contributed by atoms with Crippen molar-refractivity contribution in [3.8, 4) is 11.3 Å². The topological polar surface area (TPSA) is 63.6 Å². The van der Waals surface area contributed by atoms with Crippen LogP contribution in [0.4, 0.5) is 11.8 Å². The minimum atomic E-state index is 0.216. The summed E-state index contributed by atoms with van der Waals surface area (Å²) in [5, 5.41) is 1.67. The van der Waals surface area contributed by atoms with Gasteiger partial charge in [-0.25, -0.2) is 4.98 Å². The molecule has 0 aliphatic carbocycles. The number of hydrogen-bond acceptors (Lipinski definition) is 7. The van der Waals surface area contributed by atoms with E-state index in [1.165, 1.54) is 0 Å². The first-order valence-corrected chi connectivity index (χ1v) is 10.7. The number of hydrogen-bond donors (Lipinski definition) is 0. The third-order valence-electron chi connectivity index (χ3n) is 5.60. The number of pyridine rings is 1. The van der Waals surface area contributed by atoms with E-state index in [2.05, 4.69) is 22.8 Å². The molecule has 2 fully saturated rings. The average Bonchev–Trinajstić information content (AvgIpc) is 2.79. The highest BCUT2D eigenvalue weighted by molar-refractivity contribution is 6.30. The second-order valence-corrected chi connectivity index (χ2v) is 8.07. The lowest BCUT2D eigenvalue weighted by atomic mass is 10.1. The van der Waals surface area contributed by atoms with Crippen molar-refractivity contribution in [1.29, 1.82) is 0 Å². The Morgan fingerprint density at radius 2 is 1.67 bits per heavy atom. The van der Waals surface area contributed by atoms with Crippen molar-refractivity contribution in [3.05, 3.63) is 41.4 Å². The van der Waals surface area contributed by atoms with E-state index in [0.717, 1.165) is 42.1 Å². The Morgan fingerprint density at radius 1 is 0.900 bits per heavy atom. The normalized spacial score (nSPS) is 20.0. The highest BCUT2D eigenvalue weighted by atomic mass is 35.5. The average molecular weight is 426 g/mol. The first-order chi connectivity index (χ1) is 14.7. The molecule has 156 valence electrons. The third kappa shape index (κ3) is 3.80. The van der Waals surface area contributed by atoms with Crippen LogP contribution < -0.4 is 9.80 Å². The zero-order valence-electron chi connectivity index (χ0n) is 16.9. The zero-order chi connectivity index (χ0) is 20.5. The van der Waals surface area contributed by atoms with Gasteiger partial charge in [0.2, 0.25) is 5.95 Å². The monoisotopic (exact) mass is 425 g/mol. The predicted octanol–water partition coefficient (Wildman–Crippen LogP) is 3.41. The van der Waals surface area contributed by atoms with Gasteiger partial charge >= 0.3 is 0 Å². The predicted molar refractivity (Wildman–Crippen MR) is 118 cm³/mol. The largest absolute Gasteiger partial charge is 0.378 e. The molecular weight excluding hydrogens is 402 g/mol. The molecule has 7 nitrogen and oxygen atoms in total. The van der Waals surface area contributed by atoms with Crippen LogP contribution in [0.2, 0.25) is 5.02 Å². The molecule has 2 aliphatic heterocycles. The molecule has 1 atom stereocenters. The van der Waals surface area contributed by atoms with Gasteiger partial charge in [-0.3, -0.25) is 0 Å². The van der Waals surface area contributed by atoms with Crippen molar-refractivity contribution in [2.75, 3.05) is 55.9 Å². The van der Waals surface area contributed by atoms with Gasteiger partial charge in [0.1, 0.15) is 5.82 Å². The maximum atomic E-state index is 6.05. The number of anilines is 2. The summed E-state index contributed by atoms with van der Waals surface area (Å²) in [7, 11) is 0. The van der Waals surface area contributed by atoms with E-state index in [-0.39, 0.29) is 6.04 Å². The number of benzene rings is 1. The highest BCUT2D eigenvalue weighted by Crippen LogP contribution is 2.30. The van der Waals surface area contributed by atoms with Crippen LogP contribution in [0.15, 0.2) is 36.4 Å². The second kappa shape index (κ2) is 8.34. The van der Waals surface area contributed by atoms with Crippen LogP contribution in [0.25, 0.3) is 22.3 Å². The molecule has 0 N–H and O–H groups in total. The Bertz CT molecular complexity index is 1040. The van der Waals surface area contributed by atoms with Crippen LogP contribution in [0, 0.1) is 0 Å². The summed E-state index contributed by atoms with van der Waals surface area (Å²) in [5.74, 6) is 1.63. The van der Waals surface area contributed by atoms with Crippen LogP contribution in [-0.4, -0.2) is 67.1 Å². The lowest BCUT2D eigenvalue weighted by molar-refractivity contribution is 0.0981. The second-order valence-electron chi connectivity index (χ2n) is 7.64. The molecule has 2 aromatic heterocycles. The lowest BCUT2D eigenvalue weighted by Crippen LogP contribution is -2.45. The molecule has 4 heterocycles. The fraction of sp³-hybridized carbons (Fsp3) is 0.409. The number of halogens is 1. The molecule has 5 rings (SSSR count). The maximum Gasteiger partial charge on any atom is 0.229 e. The minimum Gasteiger partial charge on any atom is -0.378 e. The van der Waals surface area contributed by atoms with Crippen LogP contribution in [-0.2, 0) is 9.47 Å². The number of rotatable bonds is 3. The molecule has 0 unspecified atom stereocenters. The zero-order valence-corrected chi connectivity index (χ0v) is 17.7. The Labute approximate surface area is 180 Å². The van der Waals surface area contributed by atoms with Gasteiger partial charge in [-0.15, -0.1) is 0 Å². The van der Waals surface area contributed by atoms with Crippen molar-refractivity contribution >= 4 is 34.4 Å². The van der Waals surface area contributed by atoms with Crippen LogP contribution in [0.5, 0.6) is 0 Å². The summed E-state index contributed by atoms with van der Waals surface area (Å²) < 4.78 is 11.1. The molecule has 8 heteroatoms. The first kappa shape index (κ1) is 19.5. The Balaban J connectivity index is 1.63. The van der Waals surface area contributed by atoms with E-state index >= 15 is 0 Å². The van der Waals surface area contributed by atoms with Crippen molar-refractivity contribution in [3.63, 3.8) is 0 Å². The molecule has 2 saturated heterocycles. The van der Waals surface area contributed by atoms with Crippen molar-refractivity contribution in [1.82, 2.24) is 15.0 Å². The van der Waals surface area contributed by atoms with Gasteiger partial charge in [-0.05, 0) is 31.2 Å². The molecule has 30 heavy (non-hydrogen) atoms. The Kier molecular flexibility index (Phi) is 5.41. The summed E-state index contributed by atoms with van der Waals surface area (Å²) in [5.41, 5.74) is 2.58. The van der Waals surface area contributed by atoms with E-state index in [1.54, 1.807) is 0 Å². The van der Waals surface area contributed by atoms with Gasteiger partial charge in [0.05, 0.1) is 43.5 Å². The van der Waals surface area contributed by atoms with Crippen molar-refractivity contribution in [2.24, 2.45) is 0 Å². The van der Waals surface area contributed by atoms with E-state index in [9.17, 15) is 0 Å². The van der Waals surface area contributed by atoms with E-state index in [4.69, 9.17) is 36.0 Å². The standard InChI is InChI=1S/C22H24ClN5O2/c1-15-14-30-13-10-28(15)22-25-20-18(21(26-22)27-8-11-29-12-9-27)6-7-19(24-20)16-2-4-17(23)5-3-16/h2-7,15H,8-14H2,1H3/t15-/m0/s1.